The average Bonchev–Trinajstić information content (AvgIpc) is 2.59. The molecule has 164 valence electrons. The quantitative estimate of drug-likeness (QED) is 0.382. The number of hydrogen-bond donors (Lipinski definition) is 5. The Morgan fingerprint density at radius 2 is 1.86 bits per heavy atom. The minimum Gasteiger partial charge on any atom is -0.335 e. The van der Waals surface area contributed by atoms with Gasteiger partial charge in [0.25, 0.3) is 0 Å². The standard InChI is InChI=1S/C17H33F3N6O2/c1-26(2)11-3-9-21-14-8-10-22-15(24-14)25-16(27)23-12-4-6-13(7-5-12)28-17(18,19)20/h12-15,21-22,24H,3-11H2,1-2H3,(H2,23,25,27). The number of rotatable bonds is 8. The van der Waals surface area contributed by atoms with E-state index < -0.39 is 12.5 Å². The molecule has 0 aromatic heterocycles. The Hall–Kier alpha value is -1.14. The van der Waals surface area contributed by atoms with Crippen LogP contribution >= 0.6 is 0 Å². The maximum Gasteiger partial charge on any atom is 0.522 e. The van der Waals surface area contributed by atoms with Crippen molar-refractivity contribution < 1.29 is 22.7 Å². The second kappa shape index (κ2) is 11.1. The van der Waals surface area contributed by atoms with Gasteiger partial charge in [-0.1, -0.05) is 0 Å². The van der Waals surface area contributed by atoms with Gasteiger partial charge in [0.05, 0.1) is 12.3 Å². The van der Waals surface area contributed by atoms with Crippen LogP contribution in [0.4, 0.5) is 18.0 Å². The van der Waals surface area contributed by atoms with Crippen LogP contribution in [0, 0.1) is 0 Å². The Morgan fingerprint density at radius 3 is 2.50 bits per heavy atom. The molecule has 1 aliphatic carbocycles. The summed E-state index contributed by atoms with van der Waals surface area (Å²) in [5.74, 6) is 0. The Bertz CT molecular complexity index is 472. The van der Waals surface area contributed by atoms with Gasteiger partial charge in [0, 0.05) is 12.6 Å². The van der Waals surface area contributed by atoms with Gasteiger partial charge >= 0.3 is 12.4 Å². The van der Waals surface area contributed by atoms with Crippen molar-refractivity contribution >= 4 is 6.03 Å². The molecule has 0 aromatic carbocycles. The summed E-state index contributed by atoms with van der Waals surface area (Å²) in [6, 6.07) is -0.477. The summed E-state index contributed by atoms with van der Waals surface area (Å²) < 4.78 is 40.8. The second-order valence-electron chi connectivity index (χ2n) is 7.66. The van der Waals surface area contributed by atoms with Crippen molar-refractivity contribution in [3.05, 3.63) is 0 Å². The first kappa shape index (κ1) is 23.1. The van der Waals surface area contributed by atoms with E-state index in [9.17, 15) is 18.0 Å². The first-order chi connectivity index (χ1) is 13.2. The average molecular weight is 410 g/mol. The summed E-state index contributed by atoms with van der Waals surface area (Å²) >= 11 is 0. The van der Waals surface area contributed by atoms with Gasteiger partial charge in [-0.05, 0) is 65.7 Å². The Balaban J connectivity index is 1.62. The predicted octanol–water partition coefficient (Wildman–Crippen LogP) is 0.867. The molecule has 2 fully saturated rings. The van der Waals surface area contributed by atoms with E-state index in [0.717, 1.165) is 32.5 Å². The Kier molecular flexibility index (Phi) is 9.22. The van der Waals surface area contributed by atoms with Crippen LogP contribution in [0.3, 0.4) is 0 Å². The summed E-state index contributed by atoms with van der Waals surface area (Å²) in [6.45, 7) is 2.67. The lowest BCUT2D eigenvalue weighted by molar-refractivity contribution is -0.345. The molecule has 2 atom stereocenters. The summed E-state index contributed by atoms with van der Waals surface area (Å²) in [6.07, 6.45) is -2.21. The Labute approximate surface area is 164 Å². The lowest BCUT2D eigenvalue weighted by atomic mass is 9.93. The van der Waals surface area contributed by atoms with Crippen LogP contribution in [0.1, 0.15) is 38.5 Å². The molecule has 11 heteroatoms. The topological polar surface area (TPSA) is 89.7 Å². The number of amides is 2. The first-order valence-electron chi connectivity index (χ1n) is 9.90. The number of nitrogens with zero attached hydrogens (tertiary/aromatic N) is 1. The molecule has 5 N–H and O–H groups in total. The number of nitrogens with one attached hydrogen (secondary N) is 5. The summed E-state index contributed by atoms with van der Waals surface area (Å²) in [5, 5.41) is 15.6. The molecule has 28 heavy (non-hydrogen) atoms. The normalized spacial score (nSPS) is 28.9. The van der Waals surface area contributed by atoms with Gasteiger partial charge in [-0.15, -0.1) is 13.2 Å². The fraction of sp³-hybridized carbons (Fsp3) is 0.941. The second-order valence-corrected chi connectivity index (χ2v) is 7.66. The fourth-order valence-electron chi connectivity index (χ4n) is 3.51. The lowest BCUT2D eigenvalue weighted by Crippen LogP contribution is -2.66. The summed E-state index contributed by atoms with van der Waals surface area (Å²) in [5.41, 5.74) is 0. The maximum absolute atomic E-state index is 12.2. The molecule has 0 spiro atoms. The van der Waals surface area contributed by atoms with Gasteiger partial charge in [-0.2, -0.15) is 0 Å². The van der Waals surface area contributed by atoms with Crippen LogP contribution in [0.25, 0.3) is 0 Å². The number of carbonyl (C=O) groups excluding carboxylic acids is 1. The molecule has 0 bridgehead atoms. The molecule has 0 radical (unpaired) electrons. The number of ether oxygens (including phenoxy) is 1. The summed E-state index contributed by atoms with van der Waals surface area (Å²) in [7, 11) is 4.08. The molecule has 1 saturated heterocycles. The molecular formula is C17H33F3N6O2. The molecule has 1 heterocycles. The zero-order valence-electron chi connectivity index (χ0n) is 16.6. The molecular weight excluding hydrogens is 377 g/mol. The molecule has 8 nitrogen and oxygen atoms in total. The van der Waals surface area contributed by atoms with E-state index in [4.69, 9.17) is 0 Å². The Morgan fingerprint density at radius 1 is 1.14 bits per heavy atom. The fourth-order valence-corrected chi connectivity index (χ4v) is 3.51. The third kappa shape index (κ3) is 9.37. The van der Waals surface area contributed by atoms with E-state index in [0.29, 0.717) is 12.8 Å². The van der Waals surface area contributed by atoms with Gasteiger partial charge in [0.2, 0.25) is 0 Å². The van der Waals surface area contributed by atoms with Crippen LogP contribution in [0.15, 0.2) is 0 Å². The van der Waals surface area contributed by atoms with E-state index in [1.807, 2.05) is 14.1 Å². The molecule has 2 unspecified atom stereocenters. The van der Waals surface area contributed by atoms with Gasteiger partial charge in [0.1, 0.15) is 6.29 Å². The molecule has 0 aromatic rings. The third-order valence-corrected chi connectivity index (χ3v) is 4.91. The molecule has 1 aliphatic heterocycles. The summed E-state index contributed by atoms with van der Waals surface area (Å²) in [4.78, 5) is 14.3. The highest BCUT2D eigenvalue weighted by molar-refractivity contribution is 5.74. The highest BCUT2D eigenvalue weighted by atomic mass is 19.4. The third-order valence-electron chi connectivity index (χ3n) is 4.91. The van der Waals surface area contributed by atoms with Crippen molar-refractivity contribution in [3.8, 4) is 0 Å². The maximum atomic E-state index is 12.2. The van der Waals surface area contributed by atoms with E-state index in [2.05, 4.69) is 36.2 Å². The largest absolute Gasteiger partial charge is 0.522 e. The number of hydrogen-bond acceptors (Lipinski definition) is 6. The highest BCUT2D eigenvalue weighted by Crippen LogP contribution is 2.27. The minimum absolute atomic E-state index is 0.115. The zero-order chi connectivity index (χ0) is 20.6. The van der Waals surface area contributed by atoms with Crippen molar-refractivity contribution in [2.75, 3.05) is 33.7 Å². The van der Waals surface area contributed by atoms with Crippen molar-refractivity contribution in [3.63, 3.8) is 0 Å². The van der Waals surface area contributed by atoms with Crippen molar-refractivity contribution in [2.45, 2.75) is 69.5 Å². The lowest BCUT2D eigenvalue weighted by Gasteiger charge is -2.34. The van der Waals surface area contributed by atoms with Crippen LogP contribution in [0.2, 0.25) is 0 Å². The van der Waals surface area contributed by atoms with Crippen molar-refractivity contribution in [1.82, 2.24) is 31.5 Å². The number of alkyl halides is 3. The monoisotopic (exact) mass is 410 g/mol. The predicted molar refractivity (Wildman–Crippen MR) is 99.4 cm³/mol. The van der Waals surface area contributed by atoms with Crippen LogP contribution in [0.5, 0.6) is 0 Å². The van der Waals surface area contributed by atoms with E-state index >= 15 is 0 Å². The number of carbonyl (C=O) groups is 1. The SMILES string of the molecule is CN(C)CCCNC1CCNC(NC(=O)NC2CCC(OC(F)(F)F)CC2)N1. The van der Waals surface area contributed by atoms with Gasteiger partial charge in [-0.25, -0.2) is 4.79 Å². The molecule has 2 amide bonds. The smallest absolute Gasteiger partial charge is 0.335 e. The first-order valence-corrected chi connectivity index (χ1v) is 9.90. The molecule has 2 aliphatic rings. The van der Waals surface area contributed by atoms with E-state index in [-0.39, 0.29) is 37.4 Å². The number of urea groups is 1. The highest BCUT2D eigenvalue weighted by Gasteiger charge is 2.35. The van der Waals surface area contributed by atoms with Gasteiger partial charge in [0.15, 0.2) is 0 Å². The molecule has 2 rings (SSSR count). The zero-order valence-corrected chi connectivity index (χ0v) is 16.6. The van der Waals surface area contributed by atoms with E-state index in [1.54, 1.807) is 0 Å². The van der Waals surface area contributed by atoms with Crippen molar-refractivity contribution in [1.29, 1.82) is 0 Å². The van der Waals surface area contributed by atoms with Gasteiger partial charge in [-0.3, -0.25) is 15.4 Å². The van der Waals surface area contributed by atoms with Crippen molar-refractivity contribution in [2.24, 2.45) is 0 Å². The van der Waals surface area contributed by atoms with Gasteiger partial charge < -0.3 is 20.9 Å². The molecule has 1 saturated carbocycles. The van der Waals surface area contributed by atoms with Crippen LogP contribution in [-0.2, 0) is 4.74 Å². The number of halogens is 3. The minimum atomic E-state index is -4.60. The van der Waals surface area contributed by atoms with E-state index in [1.165, 1.54) is 0 Å². The van der Waals surface area contributed by atoms with Crippen LogP contribution in [-0.4, -0.2) is 75.6 Å². The van der Waals surface area contributed by atoms with Crippen LogP contribution < -0.4 is 26.6 Å².